The molecule has 5 nitrogen and oxygen atoms in total. The van der Waals surface area contributed by atoms with Crippen molar-refractivity contribution in [2.75, 3.05) is 11.4 Å². The van der Waals surface area contributed by atoms with Crippen molar-refractivity contribution >= 4 is 21.6 Å². The zero-order chi connectivity index (χ0) is 16.0. The molecule has 3 unspecified atom stereocenters. The molecule has 23 heavy (non-hydrogen) atoms. The third-order valence-electron chi connectivity index (χ3n) is 5.58. The number of fused-ring (bicyclic) bond motifs is 2. The van der Waals surface area contributed by atoms with Crippen LogP contribution in [-0.2, 0) is 14.8 Å². The SMILES string of the molecule is O=C1CCCN1c1ccc(S(=O)(=O)NC2CC3CCC2C3)cc1. The van der Waals surface area contributed by atoms with Gasteiger partial charge in [0.1, 0.15) is 0 Å². The molecule has 0 aromatic heterocycles. The zero-order valence-corrected chi connectivity index (χ0v) is 13.9. The molecule has 1 N–H and O–H groups in total. The molecule has 1 amide bonds. The van der Waals surface area contributed by atoms with E-state index in [1.54, 1.807) is 29.2 Å². The van der Waals surface area contributed by atoms with E-state index in [1.807, 2.05) is 0 Å². The van der Waals surface area contributed by atoms with Crippen LogP contribution in [0.25, 0.3) is 0 Å². The van der Waals surface area contributed by atoms with Crippen LogP contribution in [0, 0.1) is 11.8 Å². The topological polar surface area (TPSA) is 66.5 Å². The molecule has 3 aliphatic rings. The van der Waals surface area contributed by atoms with Crippen LogP contribution in [0.1, 0.15) is 38.5 Å². The van der Waals surface area contributed by atoms with Gasteiger partial charge >= 0.3 is 0 Å². The first-order valence-corrected chi connectivity index (χ1v) is 9.94. The summed E-state index contributed by atoms with van der Waals surface area (Å²) in [5.41, 5.74) is 0.784. The van der Waals surface area contributed by atoms with E-state index in [1.165, 1.54) is 12.8 Å². The van der Waals surface area contributed by atoms with Crippen molar-refractivity contribution in [3.8, 4) is 0 Å². The lowest BCUT2D eigenvalue weighted by molar-refractivity contribution is -0.117. The van der Waals surface area contributed by atoms with Gasteiger partial charge in [-0.3, -0.25) is 4.79 Å². The number of sulfonamides is 1. The molecule has 6 heteroatoms. The molecule has 2 saturated carbocycles. The minimum Gasteiger partial charge on any atom is -0.312 e. The van der Waals surface area contributed by atoms with Gasteiger partial charge in [-0.1, -0.05) is 6.42 Å². The van der Waals surface area contributed by atoms with Crippen molar-refractivity contribution in [3.05, 3.63) is 24.3 Å². The second-order valence-electron chi connectivity index (χ2n) is 7.05. The minimum atomic E-state index is -3.47. The highest BCUT2D eigenvalue weighted by molar-refractivity contribution is 7.89. The van der Waals surface area contributed by atoms with Crippen LogP contribution in [0.4, 0.5) is 5.69 Å². The summed E-state index contributed by atoms with van der Waals surface area (Å²) in [7, 11) is -3.47. The summed E-state index contributed by atoms with van der Waals surface area (Å²) in [4.78, 5) is 13.8. The van der Waals surface area contributed by atoms with Crippen LogP contribution in [0.15, 0.2) is 29.2 Å². The zero-order valence-electron chi connectivity index (χ0n) is 13.1. The number of hydrogen-bond donors (Lipinski definition) is 1. The number of carbonyl (C=O) groups excluding carboxylic acids is 1. The van der Waals surface area contributed by atoms with Crippen LogP contribution >= 0.6 is 0 Å². The first-order valence-electron chi connectivity index (χ1n) is 8.46. The molecule has 0 spiro atoms. The molecular weight excluding hydrogens is 312 g/mol. The smallest absolute Gasteiger partial charge is 0.240 e. The molecule has 124 valence electrons. The monoisotopic (exact) mass is 334 g/mol. The minimum absolute atomic E-state index is 0.0959. The summed E-state index contributed by atoms with van der Waals surface area (Å²) in [6.45, 7) is 0.717. The van der Waals surface area contributed by atoms with Crippen molar-refractivity contribution in [1.29, 1.82) is 0 Å². The molecule has 3 fully saturated rings. The van der Waals surface area contributed by atoms with Gasteiger partial charge in [-0.05, 0) is 61.8 Å². The Balaban J connectivity index is 1.49. The van der Waals surface area contributed by atoms with Crippen molar-refractivity contribution < 1.29 is 13.2 Å². The molecular formula is C17H22N2O3S. The van der Waals surface area contributed by atoms with Gasteiger partial charge in [-0.25, -0.2) is 13.1 Å². The molecule has 1 heterocycles. The predicted octanol–water partition coefficient (Wildman–Crippen LogP) is 2.28. The summed E-state index contributed by atoms with van der Waals surface area (Å²) >= 11 is 0. The Morgan fingerprint density at radius 2 is 1.87 bits per heavy atom. The molecule has 1 aromatic carbocycles. The Labute approximate surface area is 137 Å². The number of nitrogens with zero attached hydrogens (tertiary/aromatic N) is 1. The highest BCUT2D eigenvalue weighted by Gasteiger charge is 2.41. The average molecular weight is 334 g/mol. The first kappa shape index (κ1) is 15.1. The molecule has 3 atom stereocenters. The average Bonchev–Trinajstić information content (AvgIpc) is 3.23. The van der Waals surface area contributed by atoms with Gasteiger partial charge in [0.15, 0.2) is 0 Å². The fourth-order valence-electron chi connectivity index (χ4n) is 4.38. The van der Waals surface area contributed by atoms with Crippen LogP contribution < -0.4 is 9.62 Å². The molecule has 1 aliphatic heterocycles. The maximum atomic E-state index is 12.6. The Bertz CT molecular complexity index is 714. The highest BCUT2D eigenvalue weighted by atomic mass is 32.2. The Kier molecular flexibility index (Phi) is 3.69. The summed E-state index contributed by atoms with van der Waals surface area (Å²) in [6, 6.07) is 6.78. The van der Waals surface area contributed by atoms with E-state index in [4.69, 9.17) is 0 Å². The lowest BCUT2D eigenvalue weighted by atomic mass is 9.96. The maximum absolute atomic E-state index is 12.6. The normalized spacial score (nSPS) is 30.3. The standard InChI is InChI=1S/C17H22N2O3S/c20-17-2-1-9-19(17)14-5-7-15(8-6-14)23(21,22)18-16-11-12-3-4-13(16)10-12/h5-8,12-13,16,18H,1-4,9-11H2. The Hall–Kier alpha value is -1.40. The van der Waals surface area contributed by atoms with Crippen LogP contribution in [-0.4, -0.2) is 26.9 Å². The van der Waals surface area contributed by atoms with E-state index >= 15 is 0 Å². The lowest BCUT2D eigenvalue weighted by Crippen LogP contribution is -2.38. The number of hydrogen-bond acceptors (Lipinski definition) is 3. The van der Waals surface area contributed by atoms with Gasteiger partial charge in [0.05, 0.1) is 4.90 Å². The van der Waals surface area contributed by atoms with Crippen molar-refractivity contribution in [1.82, 2.24) is 4.72 Å². The summed E-state index contributed by atoms with van der Waals surface area (Å²) in [5, 5.41) is 0. The van der Waals surface area contributed by atoms with Gasteiger partial charge in [-0.2, -0.15) is 0 Å². The van der Waals surface area contributed by atoms with E-state index in [9.17, 15) is 13.2 Å². The van der Waals surface area contributed by atoms with Crippen LogP contribution in [0.5, 0.6) is 0 Å². The Morgan fingerprint density at radius 1 is 1.09 bits per heavy atom. The highest BCUT2D eigenvalue weighted by Crippen LogP contribution is 2.44. The van der Waals surface area contributed by atoms with E-state index in [0.717, 1.165) is 24.9 Å². The van der Waals surface area contributed by atoms with Gasteiger partial charge < -0.3 is 4.90 Å². The number of amides is 1. The lowest BCUT2D eigenvalue weighted by Gasteiger charge is -2.23. The quantitative estimate of drug-likeness (QED) is 0.918. The molecule has 4 rings (SSSR count). The fourth-order valence-corrected chi connectivity index (χ4v) is 5.70. The van der Waals surface area contributed by atoms with E-state index in [2.05, 4.69) is 4.72 Å². The number of nitrogens with one attached hydrogen (secondary N) is 1. The van der Waals surface area contributed by atoms with Gasteiger partial charge in [0.2, 0.25) is 15.9 Å². The van der Waals surface area contributed by atoms with Gasteiger partial charge in [0.25, 0.3) is 0 Å². The Morgan fingerprint density at radius 3 is 2.43 bits per heavy atom. The van der Waals surface area contributed by atoms with Crippen molar-refractivity contribution in [3.63, 3.8) is 0 Å². The van der Waals surface area contributed by atoms with Crippen LogP contribution in [0.2, 0.25) is 0 Å². The molecule has 2 bridgehead atoms. The summed E-state index contributed by atoms with van der Waals surface area (Å²) in [6.07, 6.45) is 5.99. The second-order valence-corrected chi connectivity index (χ2v) is 8.76. The van der Waals surface area contributed by atoms with Crippen molar-refractivity contribution in [2.45, 2.75) is 49.5 Å². The molecule has 2 aliphatic carbocycles. The van der Waals surface area contributed by atoms with Crippen molar-refractivity contribution in [2.24, 2.45) is 11.8 Å². The summed E-state index contributed by atoms with van der Waals surface area (Å²) in [5.74, 6) is 1.33. The number of rotatable bonds is 4. The largest absolute Gasteiger partial charge is 0.312 e. The van der Waals surface area contributed by atoms with E-state index in [0.29, 0.717) is 24.8 Å². The first-order chi connectivity index (χ1) is 11.0. The third kappa shape index (κ3) is 2.78. The maximum Gasteiger partial charge on any atom is 0.240 e. The second kappa shape index (κ2) is 5.60. The molecule has 1 aromatic rings. The number of benzene rings is 1. The van der Waals surface area contributed by atoms with Gasteiger partial charge in [-0.15, -0.1) is 0 Å². The number of carbonyl (C=O) groups is 1. The fraction of sp³-hybridized carbons (Fsp3) is 0.588. The predicted molar refractivity (Wildman–Crippen MR) is 87.6 cm³/mol. The summed E-state index contributed by atoms with van der Waals surface area (Å²) < 4.78 is 28.0. The van der Waals surface area contributed by atoms with E-state index in [-0.39, 0.29) is 16.8 Å². The van der Waals surface area contributed by atoms with Gasteiger partial charge in [0, 0.05) is 24.7 Å². The van der Waals surface area contributed by atoms with Crippen LogP contribution in [0.3, 0.4) is 0 Å². The number of anilines is 1. The molecule has 0 radical (unpaired) electrons. The third-order valence-corrected chi connectivity index (χ3v) is 7.08. The van der Waals surface area contributed by atoms with E-state index < -0.39 is 10.0 Å². The molecule has 1 saturated heterocycles.